The molecule has 1 unspecified atom stereocenters. The molecular formula is C11H14FN3O. The average molecular weight is 223 g/mol. The van der Waals surface area contributed by atoms with Gasteiger partial charge in [-0.2, -0.15) is 4.39 Å². The van der Waals surface area contributed by atoms with Gasteiger partial charge in [0, 0.05) is 12.8 Å². The minimum atomic E-state index is -0.575. The standard InChI is InChI=1S/C11H14FN3O/c12-10-5-4-8(9(7-13)14-10)15-11-3-1-2-6-16-11/h4-5,7,11,13,15H,1-3,6H2. The van der Waals surface area contributed by atoms with E-state index in [4.69, 9.17) is 10.1 Å². The van der Waals surface area contributed by atoms with E-state index in [0.29, 0.717) is 11.4 Å². The Kier molecular flexibility index (Phi) is 3.46. The normalized spacial score (nSPS) is 20.4. The summed E-state index contributed by atoms with van der Waals surface area (Å²) in [6.07, 6.45) is 4.10. The fraction of sp³-hybridized carbons (Fsp3) is 0.455. The first kappa shape index (κ1) is 11.0. The van der Waals surface area contributed by atoms with Crippen LogP contribution in [0, 0.1) is 11.4 Å². The van der Waals surface area contributed by atoms with E-state index < -0.39 is 5.95 Å². The van der Waals surface area contributed by atoms with Gasteiger partial charge in [-0.15, -0.1) is 0 Å². The maximum Gasteiger partial charge on any atom is 0.213 e. The predicted molar refractivity (Wildman–Crippen MR) is 59.3 cm³/mol. The molecule has 1 aromatic heterocycles. The summed E-state index contributed by atoms with van der Waals surface area (Å²) in [4.78, 5) is 3.63. The van der Waals surface area contributed by atoms with Gasteiger partial charge in [0.15, 0.2) is 0 Å². The van der Waals surface area contributed by atoms with Crippen LogP contribution in [0.4, 0.5) is 10.1 Å². The lowest BCUT2D eigenvalue weighted by atomic mass is 10.2. The first-order chi connectivity index (χ1) is 7.79. The SMILES string of the molecule is N=Cc1nc(F)ccc1NC1CCCCO1. The van der Waals surface area contributed by atoms with E-state index in [9.17, 15) is 4.39 Å². The van der Waals surface area contributed by atoms with Crippen LogP contribution in [-0.2, 0) is 4.74 Å². The highest BCUT2D eigenvalue weighted by molar-refractivity contribution is 5.82. The number of pyridine rings is 1. The third-order valence-electron chi connectivity index (χ3n) is 2.52. The molecule has 86 valence electrons. The third-order valence-corrected chi connectivity index (χ3v) is 2.52. The molecule has 0 aliphatic carbocycles. The Morgan fingerprint density at radius 2 is 2.38 bits per heavy atom. The molecule has 1 aromatic rings. The summed E-state index contributed by atoms with van der Waals surface area (Å²) >= 11 is 0. The van der Waals surface area contributed by atoms with Gasteiger partial charge in [0.1, 0.15) is 11.9 Å². The van der Waals surface area contributed by atoms with Crippen molar-refractivity contribution in [1.82, 2.24) is 4.98 Å². The van der Waals surface area contributed by atoms with Gasteiger partial charge in [-0.05, 0) is 31.4 Å². The van der Waals surface area contributed by atoms with Crippen LogP contribution in [0.2, 0.25) is 0 Å². The van der Waals surface area contributed by atoms with Gasteiger partial charge < -0.3 is 15.5 Å². The van der Waals surface area contributed by atoms with Gasteiger partial charge in [0.2, 0.25) is 5.95 Å². The lowest BCUT2D eigenvalue weighted by molar-refractivity contribution is 0.0343. The Labute approximate surface area is 93.3 Å². The number of rotatable bonds is 3. The van der Waals surface area contributed by atoms with Crippen molar-refractivity contribution in [2.45, 2.75) is 25.5 Å². The zero-order valence-electron chi connectivity index (χ0n) is 8.87. The Morgan fingerprint density at radius 3 is 3.06 bits per heavy atom. The average Bonchev–Trinajstić information content (AvgIpc) is 2.33. The van der Waals surface area contributed by atoms with Crippen LogP contribution < -0.4 is 5.32 Å². The van der Waals surface area contributed by atoms with Crippen molar-refractivity contribution in [3.8, 4) is 0 Å². The molecule has 0 amide bonds. The molecule has 0 bridgehead atoms. The largest absolute Gasteiger partial charge is 0.359 e. The van der Waals surface area contributed by atoms with Crippen molar-refractivity contribution >= 4 is 11.9 Å². The number of hydrogen-bond donors (Lipinski definition) is 2. The summed E-state index contributed by atoms with van der Waals surface area (Å²) in [5.74, 6) is -0.575. The van der Waals surface area contributed by atoms with Gasteiger partial charge in [0.25, 0.3) is 0 Å². The summed E-state index contributed by atoms with van der Waals surface area (Å²) < 4.78 is 18.3. The number of anilines is 1. The molecule has 5 heteroatoms. The molecule has 4 nitrogen and oxygen atoms in total. The van der Waals surface area contributed by atoms with Gasteiger partial charge >= 0.3 is 0 Å². The number of nitrogens with zero attached hydrogens (tertiary/aromatic N) is 1. The second-order valence-electron chi connectivity index (χ2n) is 3.71. The maximum atomic E-state index is 12.8. The molecule has 1 aliphatic rings. The quantitative estimate of drug-likeness (QED) is 0.609. The van der Waals surface area contributed by atoms with Crippen LogP contribution in [-0.4, -0.2) is 24.0 Å². The van der Waals surface area contributed by atoms with Gasteiger partial charge in [-0.25, -0.2) is 4.98 Å². The van der Waals surface area contributed by atoms with Crippen LogP contribution in [0.15, 0.2) is 12.1 Å². The zero-order valence-corrected chi connectivity index (χ0v) is 8.87. The molecule has 0 saturated carbocycles. The highest BCUT2D eigenvalue weighted by Crippen LogP contribution is 2.18. The highest BCUT2D eigenvalue weighted by Gasteiger charge is 2.15. The first-order valence-corrected chi connectivity index (χ1v) is 5.35. The molecule has 0 spiro atoms. The monoisotopic (exact) mass is 223 g/mol. The first-order valence-electron chi connectivity index (χ1n) is 5.35. The van der Waals surface area contributed by atoms with E-state index in [1.165, 1.54) is 6.07 Å². The van der Waals surface area contributed by atoms with E-state index in [2.05, 4.69) is 10.3 Å². The van der Waals surface area contributed by atoms with Crippen LogP contribution in [0.1, 0.15) is 25.0 Å². The van der Waals surface area contributed by atoms with Crippen LogP contribution in [0.25, 0.3) is 0 Å². The van der Waals surface area contributed by atoms with E-state index in [1.54, 1.807) is 6.07 Å². The van der Waals surface area contributed by atoms with Crippen molar-refractivity contribution in [1.29, 1.82) is 5.41 Å². The Morgan fingerprint density at radius 1 is 1.50 bits per heavy atom. The van der Waals surface area contributed by atoms with Crippen LogP contribution in [0.5, 0.6) is 0 Å². The summed E-state index contributed by atoms with van der Waals surface area (Å²) in [5, 5.41) is 10.3. The van der Waals surface area contributed by atoms with Gasteiger partial charge in [-0.3, -0.25) is 0 Å². The molecule has 2 N–H and O–H groups in total. The van der Waals surface area contributed by atoms with Crippen molar-refractivity contribution < 1.29 is 9.13 Å². The van der Waals surface area contributed by atoms with Crippen LogP contribution >= 0.6 is 0 Å². The summed E-state index contributed by atoms with van der Waals surface area (Å²) in [6, 6.07) is 2.86. The topological polar surface area (TPSA) is 58.0 Å². The summed E-state index contributed by atoms with van der Waals surface area (Å²) in [7, 11) is 0. The van der Waals surface area contributed by atoms with Crippen molar-refractivity contribution in [2.24, 2.45) is 0 Å². The van der Waals surface area contributed by atoms with E-state index >= 15 is 0 Å². The maximum absolute atomic E-state index is 12.8. The molecule has 1 fully saturated rings. The zero-order chi connectivity index (χ0) is 11.4. The number of halogens is 1. The molecule has 0 radical (unpaired) electrons. The summed E-state index contributed by atoms with van der Waals surface area (Å²) in [6.45, 7) is 0.742. The molecule has 0 aromatic carbocycles. The molecule has 1 atom stereocenters. The summed E-state index contributed by atoms with van der Waals surface area (Å²) in [5.41, 5.74) is 0.942. The molecular weight excluding hydrogens is 209 g/mol. The van der Waals surface area contributed by atoms with Crippen molar-refractivity contribution in [3.63, 3.8) is 0 Å². The number of hydrogen-bond acceptors (Lipinski definition) is 4. The van der Waals surface area contributed by atoms with E-state index in [-0.39, 0.29) is 6.23 Å². The minimum absolute atomic E-state index is 0.0558. The number of ether oxygens (including phenoxy) is 1. The minimum Gasteiger partial charge on any atom is -0.359 e. The Balaban J connectivity index is 2.10. The Bertz CT molecular complexity index is 377. The van der Waals surface area contributed by atoms with Crippen LogP contribution in [0.3, 0.4) is 0 Å². The molecule has 2 rings (SSSR count). The Hall–Kier alpha value is -1.49. The van der Waals surface area contributed by atoms with Gasteiger partial charge in [-0.1, -0.05) is 0 Å². The van der Waals surface area contributed by atoms with Crippen molar-refractivity contribution in [2.75, 3.05) is 11.9 Å². The predicted octanol–water partition coefficient (Wildman–Crippen LogP) is 2.16. The molecule has 2 heterocycles. The smallest absolute Gasteiger partial charge is 0.213 e. The van der Waals surface area contributed by atoms with E-state index in [0.717, 1.165) is 32.1 Å². The number of nitrogens with one attached hydrogen (secondary N) is 2. The molecule has 1 aliphatic heterocycles. The third kappa shape index (κ3) is 2.55. The van der Waals surface area contributed by atoms with Crippen molar-refractivity contribution in [3.05, 3.63) is 23.8 Å². The second kappa shape index (κ2) is 5.03. The highest BCUT2D eigenvalue weighted by atomic mass is 19.1. The van der Waals surface area contributed by atoms with Gasteiger partial charge in [0.05, 0.1) is 5.69 Å². The fourth-order valence-corrected chi connectivity index (χ4v) is 1.71. The lowest BCUT2D eigenvalue weighted by Crippen LogP contribution is -2.27. The fourth-order valence-electron chi connectivity index (χ4n) is 1.71. The molecule has 16 heavy (non-hydrogen) atoms. The second-order valence-corrected chi connectivity index (χ2v) is 3.71. The molecule has 1 saturated heterocycles. The lowest BCUT2D eigenvalue weighted by Gasteiger charge is -2.24. The number of aromatic nitrogens is 1. The van der Waals surface area contributed by atoms with E-state index in [1.807, 2.05) is 0 Å².